The van der Waals surface area contributed by atoms with E-state index in [9.17, 15) is 23.1 Å². The van der Waals surface area contributed by atoms with Crippen molar-refractivity contribution >= 4 is 5.91 Å². The number of morpholine rings is 1. The predicted octanol–water partition coefficient (Wildman–Crippen LogP) is 4.49. The highest BCUT2D eigenvalue weighted by atomic mass is 19.4. The first-order valence-electron chi connectivity index (χ1n) is 11.3. The van der Waals surface area contributed by atoms with Crippen molar-refractivity contribution in [3.63, 3.8) is 0 Å². The molecule has 2 heterocycles. The lowest BCUT2D eigenvalue weighted by molar-refractivity contribution is -0.275. The van der Waals surface area contributed by atoms with Crippen LogP contribution in [-0.2, 0) is 24.2 Å². The lowest BCUT2D eigenvalue weighted by Gasteiger charge is -2.36. The summed E-state index contributed by atoms with van der Waals surface area (Å²) in [5, 5.41) is 9.69. The van der Waals surface area contributed by atoms with E-state index < -0.39 is 17.9 Å². The fraction of sp³-hybridized carbons (Fsp3) is 0.480. The monoisotopic (exact) mass is 478 g/mol. The summed E-state index contributed by atoms with van der Waals surface area (Å²) in [5.41, 5.74) is 3.26. The maximum absolute atomic E-state index is 13.1. The van der Waals surface area contributed by atoms with Gasteiger partial charge in [0.25, 0.3) is 5.91 Å². The van der Waals surface area contributed by atoms with E-state index in [0.717, 1.165) is 16.7 Å². The lowest BCUT2D eigenvalue weighted by atomic mass is 9.93. The molecular formula is C25H29F3N2O4. The molecule has 184 valence electrons. The van der Waals surface area contributed by atoms with Gasteiger partial charge in [-0.05, 0) is 61.6 Å². The van der Waals surface area contributed by atoms with Gasteiger partial charge in [-0.15, -0.1) is 13.2 Å². The maximum Gasteiger partial charge on any atom is 0.573 e. The summed E-state index contributed by atoms with van der Waals surface area (Å²) in [6, 6.07) is 9.90. The number of halogens is 3. The maximum atomic E-state index is 13.1. The minimum absolute atomic E-state index is 0.0288. The SMILES string of the molecule is CC(C)(CCc1ccc(O)c(OC(F)(F)F)c1)N1Cc2cccc(C(=O)N3CCOCC3)c2C1. The number of aryl methyl sites for hydroxylation is 1. The van der Waals surface area contributed by atoms with Gasteiger partial charge in [0, 0.05) is 37.3 Å². The zero-order chi connectivity index (χ0) is 24.5. The number of phenols is 1. The Hall–Kier alpha value is -2.78. The van der Waals surface area contributed by atoms with Crippen LogP contribution in [0.15, 0.2) is 36.4 Å². The fourth-order valence-electron chi connectivity index (χ4n) is 4.52. The number of phenolic OH excluding ortho intramolecular Hbond substituents is 1. The van der Waals surface area contributed by atoms with E-state index in [0.29, 0.717) is 57.8 Å². The number of benzene rings is 2. The number of nitrogens with zero attached hydrogens (tertiary/aromatic N) is 2. The van der Waals surface area contributed by atoms with Gasteiger partial charge in [0.05, 0.1) is 13.2 Å². The molecule has 0 aromatic heterocycles. The van der Waals surface area contributed by atoms with Crippen molar-refractivity contribution < 1.29 is 32.5 Å². The Morgan fingerprint density at radius 1 is 1.12 bits per heavy atom. The largest absolute Gasteiger partial charge is 0.573 e. The van der Waals surface area contributed by atoms with Crippen LogP contribution in [0.25, 0.3) is 0 Å². The van der Waals surface area contributed by atoms with Gasteiger partial charge in [0.2, 0.25) is 0 Å². The summed E-state index contributed by atoms with van der Waals surface area (Å²) >= 11 is 0. The number of alkyl halides is 3. The second-order valence-corrected chi connectivity index (χ2v) is 9.37. The van der Waals surface area contributed by atoms with E-state index in [1.165, 1.54) is 12.1 Å². The molecule has 1 fully saturated rings. The van der Waals surface area contributed by atoms with Gasteiger partial charge in [0.1, 0.15) is 0 Å². The first-order chi connectivity index (χ1) is 16.0. The smallest absolute Gasteiger partial charge is 0.504 e. The summed E-state index contributed by atoms with van der Waals surface area (Å²) in [7, 11) is 0. The Morgan fingerprint density at radius 2 is 1.85 bits per heavy atom. The van der Waals surface area contributed by atoms with Crippen LogP contribution in [0.3, 0.4) is 0 Å². The van der Waals surface area contributed by atoms with E-state index >= 15 is 0 Å². The van der Waals surface area contributed by atoms with E-state index in [1.807, 2.05) is 23.1 Å². The lowest BCUT2D eigenvalue weighted by Crippen LogP contribution is -2.42. The normalized spacial score (nSPS) is 17.0. The van der Waals surface area contributed by atoms with E-state index in [2.05, 4.69) is 23.5 Å². The van der Waals surface area contributed by atoms with E-state index in [4.69, 9.17) is 4.74 Å². The van der Waals surface area contributed by atoms with Crippen molar-refractivity contribution in [3.8, 4) is 11.5 Å². The third-order valence-corrected chi connectivity index (χ3v) is 6.64. The number of carbonyl (C=O) groups excluding carboxylic acids is 1. The van der Waals surface area contributed by atoms with Crippen LogP contribution in [0.2, 0.25) is 0 Å². The Kier molecular flexibility index (Phi) is 6.78. The molecule has 0 aliphatic carbocycles. The first-order valence-corrected chi connectivity index (χ1v) is 11.3. The van der Waals surface area contributed by atoms with Gasteiger partial charge >= 0.3 is 6.36 Å². The molecule has 1 amide bonds. The first kappa shape index (κ1) is 24.3. The van der Waals surface area contributed by atoms with Gasteiger partial charge in [-0.2, -0.15) is 0 Å². The van der Waals surface area contributed by atoms with E-state index in [-0.39, 0.29) is 11.4 Å². The molecule has 2 aliphatic rings. The third-order valence-electron chi connectivity index (χ3n) is 6.64. The van der Waals surface area contributed by atoms with Gasteiger partial charge in [-0.25, -0.2) is 0 Å². The van der Waals surface area contributed by atoms with Crippen molar-refractivity contribution in [2.45, 2.75) is 51.7 Å². The van der Waals surface area contributed by atoms with Crippen molar-refractivity contribution in [3.05, 3.63) is 58.7 Å². The summed E-state index contributed by atoms with van der Waals surface area (Å²) in [6.45, 7) is 7.79. The van der Waals surface area contributed by atoms with Crippen molar-refractivity contribution in [2.24, 2.45) is 0 Å². The summed E-state index contributed by atoms with van der Waals surface area (Å²) in [4.78, 5) is 17.2. The van der Waals surface area contributed by atoms with Crippen LogP contribution in [0.4, 0.5) is 13.2 Å². The second-order valence-electron chi connectivity index (χ2n) is 9.37. The van der Waals surface area contributed by atoms with Crippen LogP contribution in [0.5, 0.6) is 11.5 Å². The molecule has 2 aromatic carbocycles. The molecule has 2 aliphatic heterocycles. The fourth-order valence-corrected chi connectivity index (χ4v) is 4.52. The van der Waals surface area contributed by atoms with Crippen molar-refractivity contribution in [1.82, 2.24) is 9.80 Å². The Morgan fingerprint density at radius 3 is 2.56 bits per heavy atom. The number of ether oxygens (including phenoxy) is 2. The summed E-state index contributed by atoms with van der Waals surface area (Å²) < 4.78 is 47.1. The molecule has 0 atom stereocenters. The zero-order valence-corrected chi connectivity index (χ0v) is 19.3. The molecule has 0 bridgehead atoms. The Bertz CT molecular complexity index is 1050. The topological polar surface area (TPSA) is 62.2 Å². The minimum Gasteiger partial charge on any atom is -0.504 e. The quantitative estimate of drug-likeness (QED) is 0.663. The third kappa shape index (κ3) is 5.47. The number of rotatable bonds is 6. The van der Waals surface area contributed by atoms with Crippen LogP contribution < -0.4 is 4.74 Å². The average molecular weight is 479 g/mol. The molecule has 0 spiro atoms. The van der Waals surface area contributed by atoms with Crippen molar-refractivity contribution in [1.29, 1.82) is 0 Å². The van der Waals surface area contributed by atoms with Crippen molar-refractivity contribution in [2.75, 3.05) is 26.3 Å². The highest BCUT2D eigenvalue weighted by Gasteiger charge is 2.35. The summed E-state index contributed by atoms with van der Waals surface area (Å²) in [6.07, 6.45) is -3.69. The van der Waals surface area contributed by atoms with Gasteiger partial charge in [-0.3, -0.25) is 9.69 Å². The van der Waals surface area contributed by atoms with Gasteiger partial charge < -0.3 is 19.5 Å². The Balaban J connectivity index is 1.44. The van der Waals surface area contributed by atoms with Crippen LogP contribution >= 0.6 is 0 Å². The highest BCUT2D eigenvalue weighted by Crippen LogP contribution is 2.36. The number of amides is 1. The van der Waals surface area contributed by atoms with Gasteiger partial charge in [-0.1, -0.05) is 18.2 Å². The molecule has 4 rings (SSSR count). The molecule has 9 heteroatoms. The molecule has 1 saturated heterocycles. The zero-order valence-electron chi connectivity index (χ0n) is 19.3. The number of aromatic hydroxyl groups is 1. The van der Waals surface area contributed by atoms with Crippen LogP contribution in [-0.4, -0.2) is 59.0 Å². The second kappa shape index (κ2) is 9.46. The molecule has 1 N–H and O–H groups in total. The molecule has 0 radical (unpaired) electrons. The molecule has 0 unspecified atom stereocenters. The number of fused-ring (bicyclic) bond motifs is 1. The van der Waals surface area contributed by atoms with E-state index in [1.54, 1.807) is 6.07 Å². The van der Waals surface area contributed by atoms with Gasteiger partial charge in [0.15, 0.2) is 11.5 Å². The van der Waals surface area contributed by atoms with Crippen LogP contribution in [0.1, 0.15) is 47.3 Å². The molecule has 6 nitrogen and oxygen atoms in total. The molecule has 2 aromatic rings. The summed E-state index contributed by atoms with van der Waals surface area (Å²) in [5.74, 6) is -1.11. The number of hydrogen-bond acceptors (Lipinski definition) is 5. The highest BCUT2D eigenvalue weighted by molar-refractivity contribution is 5.96. The Labute approximate surface area is 196 Å². The predicted molar refractivity (Wildman–Crippen MR) is 120 cm³/mol. The molecular weight excluding hydrogens is 449 g/mol. The number of hydrogen-bond donors (Lipinski definition) is 1. The molecule has 34 heavy (non-hydrogen) atoms. The average Bonchev–Trinajstić information content (AvgIpc) is 3.24. The van der Waals surface area contributed by atoms with Crippen LogP contribution in [0, 0.1) is 0 Å². The minimum atomic E-state index is -4.87. The number of carbonyl (C=O) groups is 1. The standard InChI is InChI=1S/C25H29F3N2O4/c1-24(2,9-8-17-6-7-21(31)22(14-17)34-25(26,27)28)30-15-18-4-3-5-19(20(18)16-30)23(32)29-10-12-33-13-11-29/h3-7,14,31H,8-13,15-16H2,1-2H3. The molecule has 0 saturated carbocycles.